The second kappa shape index (κ2) is 2.86. The summed E-state index contributed by atoms with van der Waals surface area (Å²) in [5.74, 6) is 3.36. The number of fused-ring (bicyclic) bond motifs is 3. The molecule has 12 heavy (non-hydrogen) atoms. The first-order valence-electron chi connectivity index (χ1n) is 5.19. The van der Waals surface area contributed by atoms with Gasteiger partial charge < -0.3 is 0 Å². The van der Waals surface area contributed by atoms with Gasteiger partial charge in [-0.2, -0.15) is 0 Å². The van der Waals surface area contributed by atoms with Crippen molar-refractivity contribution in [3.8, 4) is 0 Å². The van der Waals surface area contributed by atoms with Crippen LogP contribution in [0.1, 0.15) is 39.5 Å². The highest BCUT2D eigenvalue weighted by molar-refractivity contribution is 5.78. The number of carbonyl (C=O) groups is 1. The first-order chi connectivity index (χ1) is 5.68. The second-order valence-electron chi connectivity index (χ2n) is 4.76. The molecule has 0 amide bonds. The fourth-order valence-electron chi connectivity index (χ4n) is 3.23. The summed E-state index contributed by atoms with van der Waals surface area (Å²) >= 11 is 0. The minimum absolute atomic E-state index is 0.431. The van der Waals surface area contributed by atoms with Crippen LogP contribution in [-0.2, 0) is 4.79 Å². The van der Waals surface area contributed by atoms with E-state index in [4.69, 9.17) is 0 Å². The molecule has 2 bridgehead atoms. The molecular weight excluding hydrogens is 148 g/mol. The average Bonchev–Trinajstić information content (AvgIpc) is 2.04. The van der Waals surface area contributed by atoms with E-state index in [1.165, 1.54) is 25.7 Å². The van der Waals surface area contributed by atoms with Gasteiger partial charge in [0.1, 0.15) is 5.78 Å². The quantitative estimate of drug-likeness (QED) is 0.585. The SMILES string of the molecule is CC(=O)C1CC2CCC1C[C@@H]2C. The molecule has 0 aliphatic heterocycles. The molecule has 0 aromatic carbocycles. The van der Waals surface area contributed by atoms with E-state index in [9.17, 15) is 4.79 Å². The summed E-state index contributed by atoms with van der Waals surface area (Å²) in [5.41, 5.74) is 0. The first-order valence-corrected chi connectivity index (χ1v) is 5.19. The molecule has 3 unspecified atom stereocenters. The molecule has 0 radical (unpaired) electrons. The summed E-state index contributed by atoms with van der Waals surface area (Å²) in [5, 5.41) is 0. The Labute approximate surface area is 74.5 Å². The number of ketones is 1. The van der Waals surface area contributed by atoms with E-state index in [1.54, 1.807) is 6.92 Å². The molecule has 1 nitrogen and oxygen atoms in total. The van der Waals surface area contributed by atoms with Gasteiger partial charge in [-0.3, -0.25) is 4.79 Å². The first kappa shape index (κ1) is 8.28. The summed E-state index contributed by atoms with van der Waals surface area (Å²) in [6.07, 6.45) is 5.21. The summed E-state index contributed by atoms with van der Waals surface area (Å²) in [6, 6.07) is 0. The monoisotopic (exact) mass is 166 g/mol. The highest BCUT2D eigenvalue weighted by Crippen LogP contribution is 2.48. The summed E-state index contributed by atoms with van der Waals surface area (Å²) in [6.45, 7) is 4.13. The van der Waals surface area contributed by atoms with Gasteiger partial charge in [-0.15, -0.1) is 0 Å². The van der Waals surface area contributed by atoms with Crippen molar-refractivity contribution in [2.24, 2.45) is 23.7 Å². The Morgan fingerprint density at radius 3 is 2.25 bits per heavy atom. The molecule has 0 saturated heterocycles. The van der Waals surface area contributed by atoms with Gasteiger partial charge in [-0.25, -0.2) is 0 Å². The molecular formula is C11H18O. The third-order valence-corrected chi connectivity index (χ3v) is 4.04. The topological polar surface area (TPSA) is 17.1 Å². The van der Waals surface area contributed by atoms with Crippen molar-refractivity contribution in [1.29, 1.82) is 0 Å². The molecule has 68 valence electrons. The van der Waals surface area contributed by atoms with E-state index in [2.05, 4.69) is 6.92 Å². The van der Waals surface area contributed by atoms with Crippen LogP contribution in [0.2, 0.25) is 0 Å². The van der Waals surface area contributed by atoms with Crippen molar-refractivity contribution in [3.63, 3.8) is 0 Å². The van der Waals surface area contributed by atoms with Crippen molar-refractivity contribution in [3.05, 3.63) is 0 Å². The van der Waals surface area contributed by atoms with Crippen molar-refractivity contribution >= 4 is 5.78 Å². The van der Waals surface area contributed by atoms with Gasteiger partial charge in [-0.1, -0.05) is 6.92 Å². The lowest BCUT2D eigenvalue weighted by Gasteiger charge is -2.45. The Bertz CT molecular complexity index is 197. The fourth-order valence-corrected chi connectivity index (χ4v) is 3.23. The maximum absolute atomic E-state index is 11.3. The van der Waals surface area contributed by atoms with Gasteiger partial charge in [0.2, 0.25) is 0 Å². The third kappa shape index (κ3) is 1.19. The van der Waals surface area contributed by atoms with Crippen LogP contribution in [0.3, 0.4) is 0 Å². The minimum Gasteiger partial charge on any atom is -0.300 e. The van der Waals surface area contributed by atoms with E-state index < -0.39 is 0 Å². The molecule has 3 aliphatic rings. The number of carbonyl (C=O) groups excluding carboxylic acids is 1. The zero-order valence-electron chi connectivity index (χ0n) is 8.05. The number of hydrogen-bond acceptors (Lipinski definition) is 1. The smallest absolute Gasteiger partial charge is 0.133 e. The van der Waals surface area contributed by atoms with Crippen LogP contribution in [0.5, 0.6) is 0 Å². The van der Waals surface area contributed by atoms with Crippen LogP contribution in [0.25, 0.3) is 0 Å². The van der Waals surface area contributed by atoms with Gasteiger partial charge in [-0.05, 0) is 50.4 Å². The van der Waals surface area contributed by atoms with Crippen molar-refractivity contribution < 1.29 is 4.79 Å². The van der Waals surface area contributed by atoms with Crippen molar-refractivity contribution in [1.82, 2.24) is 0 Å². The van der Waals surface area contributed by atoms with Crippen LogP contribution in [0.4, 0.5) is 0 Å². The number of rotatable bonds is 1. The van der Waals surface area contributed by atoms with Crippen LogP contribution in [0.15, 0.2) is 0 Å². The molecule has 3 saturated carbocycles. The highest BCUT2D eigenvalue weighted by atomic mass is 16.1. The molecule has 0 N–H and O–H groups in total. The van der Waals surface area contributed by atoms with Gasteiger partial charge in [0.05, 0.1) is 0 Å². The Kier molecular flexibility index (Phi) is 1.97. The third-order valence-electron chi connectivity index (χ3n) is 4.04. The number of Topliss-reactive ketones (excluding diaryl/α,β-unsaturated/α-hetero) is 1. The summed E-state index contributed by atoms with van der Waals surface area (Å²) in [7, 11) is 0. The van der Waals surface area contributed by atoms with Crippen LogP contribution >= 0.6 is 0 Å². The molecule has 4 atom stereocenters. The highest BCUT2D eigenvalue weighted by Gasteiger charge is 2.41. The molecule has 3 aliphatic carbocycles. The van der Waals surface area contributed by atoms with Crippen molar-refractivity contribution in [2.75, 3.05) is 0 Å². The second-order valence-corrected chi connectivity index (χ2v) is 4.76. The van der Waals surface area contributed by atoms with Crippen molar-refractivity contribution in [2.45, 2.75) is 39.5 Å². The normalized spacial score (nSPS) is 46.2. The van der Waals surface area contributed by atoms with E-state index in [0.29, 0.717) is 11.7 Å². The molecule has 0 aromatic rings. The van der Waals surface area contributed by atoms with Gasteiger partial charge in [0.15, 0.2) is 0 Å². The predicted octanol–water partition coefficient (Wildman–Crippen LogP) is 2.65. The molecule has 0 heterocycles. The van der Waals surface area contributed by atoms with Crippen LogP contribution in [0, 0.1) is 23.7 Å². The fraction of sp³-hybridized carbons (Fsp3) is 0.909. The van der Waals surface area contributed by atoms with Crippen LogP contribution < -0.4 is 0 Å². The Hall–Kier alpha value is -0.330. The largest absolute Gasteiger partial charge is 0.300 e. The van der Waals surface area contributed by atoms with E-state index in [1.807, 2.05) is 0 Å². The summed E-state index contributed by atoms with van der Waals surface area (Å²) < 4.78 is 0. The number of hydrogen-bond donors (Lipinski definition) is 0. The molecule has 0 spiro atoms. The molecule has 3 fully saturated rings. The lowest BCUT2D eigenvalue weighted by atomic mass is 9.59. The standard InChI is InChI=1S/C11H18O/c1-7-5-10-4-3-9(7)6-11(10)8(2)12/h7,9-11H,3-6H2,1-2H3/t7-,9?,10?,11?/m0/s1. The Morgan fingerprint density at radius 1 is 1.17 bits per heavy atom. The molecule has 1 heteroatoms. The van der Waals surface area contributed by atoms with Gasteiger partial charge in [0.25, 0.3) is 0 Å². The van der Waals surface area contributed by atoms with E-state index >= 15 is 0 Å². The Balaban J connectivity index is 2.10. The Morgan fingerprint density at radius 2 is 1.83 bits per heavy atom. The molecule has 0 aromatic heterocycles. The van der Waals surface area contributed by atoms with Crippen LogP contribution in [-0.4, -0.2) is 5.78 Å². The van der Waals surface area contributed by atoms with E-state index in [0.717, 1.165) is 17.8 Å². The van der Waals surface area contributed by atoms with E-state index in [-0.39, 0.29) is 0 Å². The predicted molar refractivity (Wildman–Crippen MR) is 48.8 cm³/mol. The zero-order valence-corrected chi connectivity index (χ0v) is 8.05. The maximum atomic E-state index is 11.3. The minimum atomic E-state index is 0.431. The lowest BCUT2D eigenvalue weighted by molar-refractivity contribution is -0.126. The molecule has 3 rings (SSSR count). The summed E-state index contributed by atoms with van der Waals surface area (Å²) in [4.78, 5) is 11.3. The van der Waals surface area contributed by atoms with Gasteiger partial charge >= 0.3 is 0 Å². The lowest BCUT2D eigenvalue weighted by Crippen LogP contribution is -2.39. The zero-order chi connectivity index (χ0) is 8.72. The maximum Gasteiger partial charge on any atom is 0.133 e. The van der Waals surface area contributed by atoms with Gasteiger partial charge in [0, 0.05) is 5.92 Å². The average molecular weight is 166 g/mol.